The van der Waals surface area contributed by atoms with E-state index in [2.05, 4.69) is 23.2 Å². The van der Waals surface area contributed by atoms with Crippen LogP contribution < -0.4 is 0 Å². The van der Waals surface area contributed by atoms with Gasteiger partial charge in [0.2, 0.25) is 0 Å². The van der Waals surface area contributed by atoms with E-state index in [-0.39, 0.29) is 35.8 Å². The largest absolute Gasteiger partial charge is 0.457 e. The van der Waals surface area contributed by atoms with Gasteiger partial charge in [0.05, 0.1) is 30.7 Å². The van der Waals surface area contributed by atoms with Crippen molar-refractivity contribution in [3.8, 4) is 0 Å². The van der Waals surface area contributed by atoms with Crippen molar-refractivity contribution in [2.24, 2.45) is 23.7 Å². The van der Waals surface area contributed by atoms with Crippen molar-refractivity contribution in [2.45, 2.75) is 75.8 Å². The van der Waals surface area contributed by atoms with Crippen molar-refractivity contribution < 1.29 is 29.2 Å². The normalized spacial score (nSPS) is 47.3. The van der Waals surface area contributed by atoms with Crippen LogP contribution in [0.3, 0.4) is 0 Å². The number of aliphatic hydroxyl groups is 2. The Hall–Kier alpha value is -2.00. The molecule has 4 bridgehead atoms. The Labute approximate surface area is 194 Å². The average Bonchev–Trinajstić information content (AvgIpc) is 3.36. The van der Waals surface area contributed by atoms with Crippen LogP contribution >= 0.6 is 0 Å². The van der Waals surface area contributed by atoms with Gasteiger partial charge in [-0.3, -0.25) is 0 Å². The summed E-state index contributed by atoms with van der Waals surface area (Å²) in [5.41, 5.74) is 0.246. The van der Waals surface area contributed by atoms with Crippen molar-refractivity contribution in [2.75, 3.05) is 7.11 Å². The van der Waals surface area contributed by atoms with Crippen molar-refractivity contribution in [3.63, 3.8) is 0 Å². The van der Waals surface area contributed by atoms with Gasteiger partial charge in [0, 0.05) is 43.2 Å². The molecule has 33 heavy (non-hydrogen) atoms. The zero-order valence-corrected chi connectivity index (χ0v) is 19.6. The second kappa shape index (κ2) is 8.34. The molecule has 4 aliphatic rings. The molecule has 2 fully saturated rings. The topological polar surface area (TPSA) is 103 Å². The van der Waals surface area contributed by atoms with Crippen LogP contribution in [-0.2, 0) is 19.0 Å². The van der Waals surface area contributed by atoms with Gasteiger partial charge in [0.15, 0.2) is 6.10 Å². The first-order chi connectivity index (χ1) is 15.8. The fraction of sp³-hybridized carbons (Fsp3) is 0.680. The zero-order valence-electron chi connectivity index (χ0n) is 19.6. The lowest BCUT2D eigenvalue weighted by Crippen LogP contribution is -2.54. The number of hydrogen-bond acceptors (Lipinski definition) is 7. The highest BCUT2D eigenvalue weighted by Crippen LogP contribution is 2.61. The zero-order chi connectivity index (χ0) is 23.5. The van der Waals surface area contributed by atoms with E-state index in [0.717, 1.165) is 5.57 Å². The van der Waals surface area contributed by atoms with E-state index >= 15 is 0 Å². The molecule has 1 aromatic heterocycles. The number of aromatic nitrogens is 2. The quantitative estimate of drug-likeness (QED) is 0.528. The summed E-state index contributed by atoms with van der Waals surface area (Å²) < 4.78 is 20.3. The smallest absolute Gasteiger partial charge is 0.335 e. The minimum absolute atomic E-state index is 0.0273. The number of cyclic esters (lactones) is 1. The molecule has 5 rings (SSSR count). The molecule has 180 valence electrons. The number of rotatable bonds is 3. The molecule has 1 saturated carbocycles. The van der Waals surface area contributed by atoms with Gasteiger partial charge in [-0.15, -0.1) is 0 Å². The minimum atomic E-state index is -0.836. The Balaban J connectivity index is 1.63. The van der Waals surface area contributed by atoms with E-state index in [1.165, 1.54) is 7.11 Å². The maximum absolute atomic E-state index is 13.0. The highest BCUT2D eigenvalue weighted by molar-refractivity contribution is 5.75. The molecule has 8 nitrogen and oxygen atoms in total. The number of nitrogens with zero attached hydrogens (tertiary/aromatic N) is 2. The molecule has 2 unspecified atom stereocenters. The average molecular weight is 459 g/mol. The minimum Gasteiger partial charge on any atom is -0.457 e. The second-order valence-corrected chi connectivity index (χ2v) is 10.2. The standard InChI is InChI=1S/C25H34N2O6/c1-13-9-14(2)25-16(10-20(31-4)24(30)32-22(13)15(3)28)5-6-17-21(25)19(29)11-18(23(17)33-25)27-8-7-26-12-27/h5-9,12-13,15-23,28-29H,10-11H2,1-4H3/b14-9+/t13-,15?,16-,17-,18?,19-,20+,21+,22+,23-,25+/m1/s1. The fourth-order valence-electron chi connectivity index (χ4n) is 6.90. The number of carbonyl (C=O) groups is 1. The first-order valence-corrected chi connectivity index (χ1v) is 11.9. The van der Waals surface area contributed by atoms with Crippen molar-refractivity contribution in [1.29, 1.82) is 0 Å². The predicted octanol–water partition coefficient (Wildman–Crippen LogP) is 2.04. The number of methoxy groups -OCH3 is 1. The van der Waals surface area contributed by atoms with Crippen LogP contribution in [0.5, 0.6) is 0 Å². The van der Waals surface area contributed by atoms with Crippen LogP contribution in [0, 0.1) is 23.7 Å². The summed E-state index contributed by atoms with van der Waals surface area (Å²) in [5, 5.41) is 21.8. The molecule has 11 atom stereocenters. The van der Waals surface area contributed by atoms with Crippen LogP contribution in [0.25, 0.3) is 0 Å². The first kappa shape index (κ1) is 22.8. The number of hydrogen-bond donors (Lipinski definition) is 2. The summed E-state index contributed by atoms with van der Waals surface area (Å²) in [5.74, 6) is -0.955. The molecule has 3 heterocycles. The monoisotopic (exact) mass is 458 g/mol. The van der Waals surface area contributed by atoms with Crippen LogP contribution in [0.4, 0.5) is 0 Å². The summed E-state index contributed by atoms with van der Waals surface area (Å²) in [4.78, 5) is 17.2. The summed E-state index contributed by atoms with van der Waals surface area (Å²) in [6.07, 6.45) is 9.75. The predicted molar refractivity (Wildman–Crippen MR) is 119 cm³/mol. The maximum Gasteiger partial charge on any atom is 0.335 e. The first-order valence-electron chi connectivity index (χ1n) is 11.9. The lowest BCUT2D eigenvalue weighted by molar-refractivity contribution is -0.172. The molecular weight excluding hydrogens is 424 g/mol. The summed E-state index contributed by atoms with van der Waals surface area (Å²) in [6.45, 7) is 5.61. The number of carbonyl (C=O) groups excluding carboxylic acids is 1. The van der Waals surface area contributed by atoms with Crippen LogP contribution in [0.1, 0.15) is 39.7 Å². The summed E-state index contributed by atoms with van der Waals surface area (Å²) >= 11 is 0. The number of esters is 1. The summed E-state index contributed by atoms with van der Waals surface area (Å²) in [6, 6.07) is -0.0273. The lowest BCUT2D eigenvalue weighted by atomic mass is 9.59. The third-order valence-corrected chi connectivity index (χ3v) is 8.31. The van der Waals surface area contributed by atoms with E-state index < -0.39 is 36.0 Å². The molecule has 0 radical (unpaired) electrons. The maximum atomic E-state index is 13.0. The van der Waals surface area contributed by atoms with E-state index in [1.807, 2.05) is 24.6 Å². The van der Waals surface area contributed by atoms with Gasteiger partial charge in [-0.1, -0.05) is 25.2 Å². The molecule has 2 N–H and O–H groups in total. The molecule has 0 amide bonds. The Morgan fingerprint density at radius 2 is 2.12 bits per heavy atom. The molecule has 1 spiro atoms. The van der Waals surface area contributed by atoms with Crippen molar-refractivity contribution >= 4 is 5.97 Å². The lowest BCUT2D eigenvalue weighted by Gasteiger charge is -2.47. The highest BCUT2D eigenvalue weighted by Gasteiger charge is 2.66. The van der Waals surface area contributed by atoms with E-state index in [0.29, 0.717) is 12.8 Å². The SMILES string of the molecule is CO[C@H]1C[C@H]2C=C[C@@H]3[C@H]4[C@H](O)CC(n5ccnc5)[C@@H]3O[C@]42/C(C)=C/[C@@H](C)[C@@H](C(C)O)OC1=O. The van der Waals surface area contributed by atoms with Gasteiger partial charge >= 0.3 is 5.97 Å². The van der Waals surface area contributed by atoms with E-state index in [9.17, 15) is 15.0 Å². The van der Waals surface area contributed by atoms with E-state index in [4.69, 9.17) is 14.2 Å². The molecular formula is C25H34N2O6. The van der Waals surface area contributed by atoms with Gasteiger partial charge in [0.25, 0.3) is 0 Å². The van der Waals surface area contributed by atoms with Gasteiger partial charge < -0.3 is 29.0 Å². The molecule has 8 heteroatoms. The van der Waals surface area contributed by atoms with Gasteiger partial charge in [-0.2, -0.15) is 0 Å². The molecule has 1 saturated heterocycles. The Bertz CT molecular complexity index is 943. The highest BCUT2D eigenvalue weighted by atomic mass is 16.6. The van der Waals surface area contributed by atoms with Gasteiger partial charge in [0.1, 0.15) is 11.7 Å². The second-order valence-electron chi connectivity index (χ2n) is 10.2. The number of ether oxygens (including phenoxy) is 3. The third kappa shape index (κ3) is 3.41. The Morgan fingerprint density at radius 3 is 2.79 bits per heavy atom. The molecule has 2 aliphatic carbocycles. The van der Waals surface area contributed by atoms with Crippen LogP contribution in [-0.4, -0.2) is 69.0 Å². The summed E-state index contributed by atoms with van der Waals surface area (Å²) in [7, 11) is 1.50. The van der Waals surface area contributed by atoms with Gasteiger partial charge in [-0.05, 0) is 32.3 Å². The number of aliphatic hydroxyl groups excluding tert-OH is 2. The Kier molecular flexibility index (Phi) is 5.76. The molecule has 1 aromatic rings. The third-order valence-electron chi connectivity index (χ3n) is 8.31. The van der Waals surface area contributed by atoms with Crippen LogP contribution in [0.15, 0.2) is 42.5 Å². The fourth-order valence-corrected chi connectivity index (χ4v) is 6.90. The van der Waals surface area contributed by atoms with Crippen LogP contribution in [0.2, 0.25) is 0 Å². The number of imidazole rings is 1. The van der Waals surface area contributed by atoms with Gasteiger partial charge in [-0.25, -0.2) is 9.78 Å². The molecule has 2 aliphatic heterocycles. The molecule has 0 aromatic carbocycles. The van der Waals surface area contributed by atoms with Crippen molar-refractivity contribution in [1.82, 2.24) is 9.55 Å². The van der Waals surface area contributed by atoms with E-state index in [1.54, 1.807) is 19.4 Å². The Morgan fingerprint density at radius 1 is 1.33 bits per heavy atom. The van der Waals surface area contributed by atoms with Crippen molar-refractivity contribution in [3.05, 3.63) is 42.5 Å².